The second kappa shape index (κ2) is 11.9. The molecule has 0 bridgehead atoms. The van der Waals surface area contributed by atoms with Crippen LogP contribution < -0.4 is 4.74 Å². The first-order valence-electron chi connectivity index (χ1n) is 12.0. The quantitative estimate of drug-likeness (QED) is 0.354. The van der Waals surface area contributed by atoms with E-state index >= 15 is 0 Å². The van der Waals surface area contributed by atoms with Crippen molar-refractivity contribution < 1.29 is 9.53 Å². The molecule has 0 N–H and O–H groups in total. The summed E-state index contributed by atoms with van der Waals surface area (Å²) in [6, 6.07) is 17.0. The number of rotatable bonds is 11. The first kappa shape index (κ1) is 22.6. The van der Waals surface area contributed by atoms with Gasteiger partial charge < -0.3 is 4.74 Å². The topological polar surface area (TPSA) is 26.3 Å². The highest BCUT2D eigenvalue weighted by atomic mass is 16.5. The van der Waals surface area contributed by atoms with Crippen molar-refractivity contribution in [2.24, 2.45) is 5.92 Å². The third-order valence-electron chi connectivity index (χ3n) is 6.40. The van der Waals surface area contributed by atoms with E-state index in [4.69, 9.17) is 4.74 Å². The van der Waals surface area contributed by atoms with E-state index in [1.807, 2.05) is 0 Å². The van der Waals surface area contributed by atoms with Crippen molar-refractivity contribution in [1.82, 2.24) is 0 Å². The van der Waals surface area contributed by atoms with Crippen molar-refractivity contribution in [1.29, 1.82) is 0 Å². The average molecular weight is 407 g/mol. The summed E-state index contributed by atoms with van der Waals surface area (Å²) in [5.74, 6) is 1.99. The molecule has 1 aliphatic rings. The zero-order valence-corrected chi connectivity index (χ0v) is 18.9. The molecule has 2 heteroatoms. The van der Waals surface area contributed by atoms with Gasteiger partial charge in [-0.2, -0.15) is 0 Å². The summed E-state index contributed by atoms with van der Waals surface area (Å²) < 4.78 is 5.91. The van der Waals surface area contributed by atoms with Gasteiger partial charge in [0.05, 0.1) is 6.61 Å². The van der Waals surface area contributed by atoms with E-state index < -0.39 is 0 Å². The standard InChI is InChI=1S/C28H38O2/c1-3-4-5-6-7-8-9-20-30-26-17-15-24(16-18-26)23-11-13-25(14-12-23)27-19-10-22(2)21-28(27)29/h11-18,22,27H,3-10,19-21H2,1-2H3. The van der Waals surface area contributed by atoms with Gasteiger partial charge in [0.1, 0.15) is 11.5 Å². The van der Waals surface area contributed by atoms with Crippen LogP contribution in [0.1, 0.15) is 89.5 Å². The molecule has 1 fully saturated rings. The molecule has 0 saturated heterocycles. The molecule has 2 atom stereocenters. The van der Waals surface area contributed by atoms with Gasteiger partial charge in [0.2, 0.25) is 0 Å². The summed E-state index contributed by atoms with van der Waals surface area (Å²) in [6.07, 6.45) is 12.0. The van der Waals surface area contributed by atoms with Crippen LogP contribution in [0.3, 0.4) is 0 Å². The second-order valence-electron chi connectivity index (χ2n) is 9.02. The molecule has 0 aliphatic heterocycles. The summed E-state index contributed by atoms with van der Waals surface area (Å²) >= 11 is 0. The van der Waals surface area contributed by atoms with Crippen molar-refractivity contribution >= 4 is 5.78 Å². The number of hydrogen-bond acceptors (Lipinski definition) is 2. The molecule has 30 heavy (non-hydrogen) atoms. The third-order valence-corrected chi connectivity index (χ3v) is 6.40. The average Bonchev–Trinajstić information content (AvgIpc) is 2.76. The Kier molecular flexibility index (Phi) is 8.99. The first-order valence-corrected chi connectivity index (χ1v) is 12.0. The zero-order valence-electron chi connectivity index (χ0n) is 18.9. The van der Waals surface area contributed by atoms with Gasteiger partial charge in [-0.05, 0) is 54.0 Å². The van der Waals surface area contributed by atoms with E-state index in [2.05, 4.69) is 62.4 Å². The summed E-state index contributed by atoms with van der Waals surface area (Å²) in [7, 11) is 0. The molecule has 2 nitrogen and oxygen atoms in total. The molecule has 0 spiro atoms. The summed E-state index contributed by atoms with van der Waals surface area (Å²) in [6.45, 7) is 5.24. The predicted octanol–water partition coefficient (Wildman–Crippen LogP) is 7.96. The first-order chi connectivity index (χ1) is 14.7. The minimum absolute atomic E-state index is 0.0951. The Bertz CT molecular complexity index is 760. The number of ketones is 1. The van der Waals surface area contributed by atoms with Crippen LogP contribution in [-0.2, 0) is 4.79 Å². The lowest BCUT2D eigenvalue weighted by atomic mass is 9.78. The van der Waals surface area contributed by atoms with Gasteiger partial charge >= 0.3 is 0 Å². The third kappa shape index (κ3) is 6.72. The number of carbonyl (C=O) groups is 1. The van der Waals surface area contributed by atoms with Gasteiger partial charge in [0.15, 0.2) is 0 Å². The SMILES string of the molecule is CCCCCCCCCOc1ccc(-c2ccc(C3CCC(C)CC3=O)cc2)cc1. The maximum Gasteiger partial charge on any atom is 0.140 e. The molecule has 0 heterocycles. The minimum atomic E-state index is 0.0951. The molecule has 1 saturated carbocycles. The Morgan fingerprint density at radius 2 is 1.40 bits per heavy atom. The number of benzene rings is 2. The van der Waals surface area contributed by atoms with Crippen LogP contribution in [0.2, 0.25) is 0 Å². The van der Waals surface area contributed by atoms with E-state index in [-0.39, 0.29) is 5.92 Å². The fourth-order valence-electron chi connectivity index (χ4n) is 4.45. The van der Waals surface area contributed by atoms with Gasteiger partial charge in [0, 0.05) is 12.3 Å². The Balaban J connectivity index is 1.45. The summed E-state index contributed by atoms with van der Waals surface area (Å²) in [5, 5.41) is 0. The molecule has 2 unspecified atom stereocenters. The Morgan fingerprint density at radius 1 is 0.800 bits per heavy atom. The zero-order chi connectivity index (χ0) is 21.2. The van der Waals surface area contributed by atoms with Crippen molar-refractivity contribution in [2.75, 3.05) is 6.61 Å². The van der Waals surface area contributed by atoms with Crippen molar-refractivity contribution in [3.63, 3.8) is 0 Å². The molecular weight excluding hydrogens is 368 g/mol. The maximum absolute atomic E-state index is 12.4. The smallest absolute Gasteiger partial charge is 0.140 e. The molecule has 2 aromatic rings. The molecule has 0 aromatic heterocycles. The molecule has 0 amide bonds. The molecule has 3 rings (SSSR count). The van der Waals surface area contributed by atoms with Crippen LogP contribution in [0.25, 0.3) is 11.1 Å². The Morgan fingerprint density at radius 3 is 2.03 bits per heavy atom. The Hall–Kier alpha value is -2.09. The van der Waals surface area contributed by atoms with Crippen LogP contribution in [0, 0.1) is 5.92 Å². The van der Waals surface area contributed by atoms with Crippen molar-refractivity contribution in [2.45, 2.75) is 84.0 Å². The molecule has 162 valence electrons. The number of Topliss-reactive ketones (excluding diaryl/α,β-unsaturated/α-hetero) is 1. The molecular formula is C28H38O2. The largest absolute Gasteiger partial charge is 0.494 e. The minimum Gasteiger partial charge on any atom is -0.494 e. The van der Waals surface area contributed by atoms with Gasteiger partial charge in [-0.15, -0.1) is 0 Å². The van der Waals surface area contributed by atoms with Crippen LogP contribution in [-0.4, -0.2) is 12.4 Å². The summed E-state index contributed by atoms with van der Waals surface area (Å²) in [5.41, 5.74) is 3.55. The Labute approximate surface area is 183 Å². The van der Waals surface area contributed by atoms with Crippen LogP contribution in [0.15, 0.2) is 48.5 Å². The number of ether oxygens (including phenoxy) is 1. The highest BCUT2D eigenvalue weighted by Gasteiger charge is 2.27. The fraction of sp³-hybridized carbons (Fsp3) is 0.536. The lowest BCUT2D eigenvalue weighted by Gasteiger charge is -2.25. The number of carbonyl (C=O) groups excluding carboxylic acids is 1. The lowest BCUT2D eigenvalue weighted by molar-refractivity contribution is -0.123. The monoisotopic (exact) mass is 406 g/mol. The van der Waals surface area contributed by atoms with Crippen LogP contribution >= 0.6 is 0 Å². The predicted molar refractivity (Wildman–Crippen MR) is 126 cm³/mol. The highest BCUT2D eigenvalue weighted by molar-refractivity contribution is 5.86. The van der Waals surface area contributed by atoms with Crippen molar-refractivity contribution in [3.8, 4) is 16.9 Å². The normalized spacial score (nSPS) is 19.1. The second-order valence-corrected chi connectivity index (χ2v) is 9.02. The molecule has 2 aromatic carbocycles. The van der Waals surface area contributed by atoms with E-state index in [0.717, 1.165) is 38.0 Å². The fourth-order valence-corrected chi connectivity index (χ4v) is 4.45. The lowest BCUT2D eigenvalue weighted by Crippen LogP contribution is -2.21. The van der Waals surface area contributed by atoms with E-state index in [1.165, 1.54) is 55.2 Å². The highest BCUT2D eigenvalue weighted by Crippen LogP contribution is 2.34. The van der Waals surface area contributed by atoms with Gasteiger partial charge in [-0.1, -0.05) is 88.8 Å². The summed E-state index contributed by atoms with van der Waals surface area (Å²) in [4.78, 5) is 12.4. The van der Waals surface area contributed by atoms with E-state index in [0.29, 0.717) is 11.7 Å². The van der Waals surface area contributed by atoms with Gasteiger partial charge in [-0.25, -0.2) is 0 Å². The number of hydrogen-bond donors (Lipinski definition) is 0. The van der Waals surface area contributed by atoms with Crippen LogP contribution in [0.4, 0.5) is 0 Å². The molecule has 0 radical (unpaired) electrons. The molecule has 1 aliphatic carbocycles. The van der Waals surface area contributed by atoms with E-state index in [1.54, 1.807) is 0 Å². The van der Waals surface area contributed by atoms with Gasteiger partial charge in [-0.3, -0.25) is 4.79 Å². The maximum atomic E-state index is 12.4. The van der Waals surface area contributed by atoms with Crippen molar-refractivity contribution in [3.05, 3.63) is 54.1 Å². The van der Waals surface area contributed by atoms with Gasteiger partial charge in [0.25, 0.3) is 0 Å². The number of unbranched alkanes of at least 4 members (excludes halogenated alkanes) is 6. The van der Waals surface area contributed by atoms with E-state index in [9.17, 15) is 4.79 Å². The van der Waals surface area contributed by atoms with Crippen LogP contribution in [0.5, 0.6) is 5.75 Å².